The van der Waals surface area contributed by atoms with Gasteiger partial charge in [0.2, 0.25) is 0 Å². The van der Waals surface area contributed by atoms with Crippen LogP contribution in [0.2, 0.25) is 0 Å². The number of nitrogens with zero attached hydrogens (tertiary/aromatic N) is 1. The number of aliphatic carboxylic acids is 1. The lowest BCUT2D eigenvalue weighted by Crippen LogP contribution is -2.54. The molecule has 1 aliphatic rings. The fourth-order valence-corrected chi connectivity index (χ4v) is 2.36. The Morgan fingerprint density at radius 3 is 2.76 bits per heavy atom. The highest BCUT2D eigenvalue weighted by Gasteiger charge is 2.33. The van der Waals surface area contributed by atoms with E-state index in [0.29, 0.717) is 13.2 Å². The Labute approximate surface area is 103 Å². The average Bonchev–Trinajstić information content (AvgIpc) is 2.13. The van der Waals surface area contributed by atoms with Gasteiger partial charge in [0, 0.05) is 26.2 Å². The molecule has 0 amide bonds. The first-order chi connectivity index (χ1) is 7.84. The third-order valence-electron chi connectivity index (χ3n) is 2.71. The van der Waals surface area contributed by atoms with Gasteiger partial charge in [-0.05, 0) is 27.7 Å². The van der Waals surface area contributed by atoms with Gasteiger partial charge in [-0.1, -0.05) is 0 Å². The zero-order chi connectivity index (χ0) is 13.1. The van der Waals surface area contributed by atoms with Gasteiger partial charge in [-0.15, -0.1) is 0 Å². The van der Waals surface area contributed by atoms with Crippen molar-refractivity contribution < 1.29 is 19.4 Å². The Hall–Kier alpha value is -0.650. The molecule has 1 aliphatic heterocycles. The van der Waals surface area contributed by atoms with E-state index in [-0.39, 0.29) is 11.7 Å². The van der Waals surface area contributed by atoms with Gasteiger partial charge in [0.15, 0.2) is 6.10 Å². The van der Waals surface area contributed by atoms with Crippen LogP contribution in [-0.4, -0.2) is 60.0 Å². The topological polar surface area (TPSA) is 59.0 Å². The van der Waals surface area contributed by atoms with Gasteiger partial charge < -0.3 is 14.6 Å². The molecule has 1 heterocycles. The maximum absolute atomic E-state index is 11.0. The van der Waals surface area contributed by atoms with E-state index in [2.05, 4.69) is 4.90 Å². The van der Waals surface area contributed by atoms with E-state index in [9.17, 15) is 4.79 Å². The summed E-state index contributed by atoms with van der Waals surface area (Å²) in [5.41, 5.74) is -0.229. The summed E-state index contributed by atoms with van der Waals surface area (Å²) in [6.45, 7) is 10.2. The molecule has 1 saturated heterocycles. The molecule has 0 aromatic heterocycles. The van der Waals surface area contributed by atoms with Crippen LogP contribution in [0.15, 0.2) is 0 Å². The minimum absolute atomic E-state index is 0.120. The van der Waals surface area contributed by atoms with E-state index < -0.39 is 12.1 Å². The summed E-state index contributed by atoms with van der Waals surface area (Å²) >= 11 is 0. The van der Waals surface area contributed by atoms with Crippen LogP contribution >= 0.6 is 0 Å². The smallest absolute Gasteiger partial charge is 0.334 e. The molecule has 0 spiro atoms. The number of hydrogen-bond donors (Lipinski definition) is 1. The molecule has 0 aromatic rings. The first-order valence-electron chi connectivity index (χ1n) is 6.08. The summed E-state index contributed by atoms with van der Waals surface area (Å²) in [6, 6.07) is 0. The number of carbonyl (C=O) groups is 1. The highest BCUT2D eigenvalue weighted by atomic mass is 16.5. The quantitative estimate of drug-likeness (QED) is 0.782. The van der Waals surface area contributed by atoms with Crippen molar-refractivity contribution in [3.05, 3.63) is 0 Å². The van der Waals surface area contributed by atoms with Crippen LogP contribution in [0.1, 0.15) is 27.7 Å². The van der Waals surface area contributed by atoms with Crippen molar-refractivity contribution in [1.29, 1.82) is 0 Å². The molecule has 0 aliphatic carbocycles. The van der Waals surface area contributed by atoms with Crippen LogP contribution in [0.3, 0.4) is 0 Å². The Balaban J connectivity index is 2.57. The molecule has 0 aromatic carbocycles. The summed E-state index contributed by atoms with van der Waals surface area (Å²) in [5, 5.41) is 9.05. The molecule has 0 saturated carbocycles. The molecular formula is C12H23NO4. The summed E-state index contributed by atoms with van der Waals surface area (Å²) < 4.78 is 11.0. The summed E-state index contributed by atoms with van der Waals surface area (Å²) in [4.78, 5) is 13.1. The second-order valence-corrected chi connectivity index (χ2v) is 5.16. The minimum Gasteiger partial charge on any atom is -0.479 e. The van der Waals surface area contributed by atoms with Crippen molar-refractivity contribution in [2.45, 2.75) is 45.5 Å². The second kappa shape index (κ2) is 5.80. The molecule has 1 fully saturated rings. The maximum atomic E-state index is 11.0. The molecule has 0 bridgehead atoms. The third kappa shape index (κ3) is 4.61. The standard InChI is InChI=1S/C12H23NO4/c1-5-16-10(11(14)15)7-13-6-9(2)17-12(3,4)8-13/h9-10H,5-8H2,1-4H3,(H,14,15). The van der Waals surface area contributed by atoms with Gasteiger partial charge in [0.25, 0.3) is 0 Å². The van der Waals surface area contributed by atoms with Crippen molar-refractivity contribution in [3.8, 4) is 0 Å². The molecule has 2 unspecified atom stereocenters. The lowest BCUT2D eigenvalue weighted by Gasteiger charge is -2.42. The van der Waals surface area contributed by atoms with E-state index in [0.717, 1.165) is 13.1 Å². The van der Waals surface area contributed by atoms with Crippen LogP contribution in [0.4, 0.5) is 0 Å². The molecule has 0 radical (unpaired) electrons. The molecular weight excluding hydrogens is 222 g/mol. The largest absolute Gasteiger partial charge is 0.479 e. The van der Waals surface area contributed by atoms with E-state index in [1.165, 1.54) is 0 Å². The van der Waals surface area contributed by atoms with Crippen LogP contribution in [0, 0.1) is 0 Å². The normalized spacial score (nSPS) is 26.7. The summed E-state index contributed by atoms with van der Waals surface area (Å²) in [7, 11) is 0. The lowest BCUT2D eigenvalue weighted by atomic mass is 10.1. The molecule has 1 rings (SSSR count). The van der Waals surface area contributed by atoms with E-state index in [1.54, 1.807) is 0 Å². The second-order valence-electron chi connectivity index (χ2n) is 5.16. The monoisotopic (exact) mass is 245 g/mol. The Bertz CT molecular complexity index is 267. The van der Waals surface area contributed by atoms with Gasteiger partial charge in [-0.3, -0.25) is 4.90 Å². The number of carboxylic acid groups (broad SMARTS) is 1. The Morgan fingerprint density at radius 1 is 1.65 bits per heavy atom. The first kappa shape index (κ1) is 14.4. The van der Waals surface area contributed by atoms with Gasteiger partial charge in [-0.25, -0.2) is 4.79 Å². The van der Waals surface area contributed by atoms with Crippen molar-refractivity contribution in [2.24, 2.45) is 0 Å². The zero-order valence-corrected chi connectivity index (χ0v) is 11.1. The SMILES string of the molecule is CCOC(CN1CC(C)OC(C)(C)C1)C(=O)O. The molecule has 5 nitrogen and oxygen atoms in total. The number of ether oxygens (including phenoxy) is 2. The predicted molar refractivity (Wildman–Crippen MR) is 64.1 cm³/mol. The van der Waals surface area contributed by atoms with Crippen molar-refractivity contribution >= 4 is 5.97 Å². The van der Waals surface area contributed by atoms with Gasteiger partial charge in [0.05, 0.1) is 11.7 Å². The average molecular weight is 245 g/mol. The van der Waals surface area contributed by atoms with Gasteiger partial charge >= 0.3 is 5.97 Å². The van der Waals surface area contributed by atoms with Crippen molar-refractivity contribution in [1.82, 2.24) is 4.90 Å². The maximum Gasteiger partial charge on any atom is 0.334 e. The van der Waals surface area contributed by atoms with E-state index in [4.69, 9.17) is 14.6 Å². The van der Waals surface area contributed by atoms with Crippen molar-refractivity contribution in [3.63, 3.8) is 0 Å². The predicted octanol–water partition coefficient (Wildman–Crippen LogP) is 0.975. The van der Waals surface area contributed by atoms with Crippen molar-refractivity contribution in [2.75, 3.05) is 26.2 Å². The minimum atomic E-state index is -0.899. The Morgan fingerprint density at radius 2 is 2.29 bits per heavy atom. The van der Waals surface area contributed by atoms with Gasteiger partial charge in [0.1, 0.15) is 0 Å². The summed E-state index contributed by atoms with van der Waals surface area (Å²) in [5.74, 6) is -0.899. The van der Waals surface area contributed by atoms with Crippen LogP contribution < -0.4 is 0 Å². The zero-order valence-electron chi connectivity index (χ0n) is 11.1. The lowest BCUT2D eigenvalue weighted by molar-refractivity contribution is -0.159. The molecule has 17 heavy (non-hydrogen) atoms. The van der Waals surface area contributed by atoms with Crippen LogP contribution in [0.25, 0.3) is 0 Å². The number of hydrogen-bond acceptors (Lipinski definition) is 4. The van der Waals surface area contributed by atoms with Crippen LogP contribution in [-0.2, 0) is 14.3 Å². The summed E-state index contributed by atoms with van der Waals surface area (Å²) in [6.07, 6.45) is -0.629. The highest BCUT2D eigenvalue weighted by molar-refractivity contribution is 5.72. The van der Waals surface area contributed by atoms with E-state index in [1.807, 2.05) is 27.7 Å². The number of rotatable bonds is 5. The van der Waals surface area contributed by atoms with Gasteiger partial charge in [-0.2, -0.15) is 0 Å². The fraction of sp³-hybridized carbons (Fsp3) is 0.917. The van der Waals surface area contributed by atoms with Crippen LogP contribution in [0.5, 0.6) is 0 Å². The number of carboxylic acids is 1. The highest BCUT2D eigenvalue weighted by Crippen LogP contribution is 2.21. The first-order valence-corrected chi connectivity index (χ1v) is 6.08. The van der Waals surface area contributed by atoms with E-state index >= 15 is 0 Å². The molecule has 100 valence electrons. The Kier molecular flexibility index (Phi) is 4.91. The molecule has 1 N–H and O–H groups in total. The number of morpholine rings is 1. The molecule has 5 heteroatoms. The molecule has 2 atom stereocenters. The fourth-order valence-electron chi connectivity index (χ4n) is 2.36. The third-order valence-corrected chi connectivity index (χ3v) is 2.71.